The number of carbonyl (C=O) groups excluding carboxylic acids is 1. The molecule has 1 aromatic heterocycles. The largest absolute Gasteiger partial charge is 0.287 e. The summed E-state index contributed by atoms with van der Waals surface area (Å²) in [5.41, 5.74) is 3.46. The molecule has 1 heterocycles. The van der Waals surface area contributed by atoms with Crippen molar-refractivity contribution in [3.8, 4) is 0 Å². The van der Waals surface area contributed by atoms with E-state index in [1.807, 2.05) is 32.0 Å². The van der Waals surface area contributed by atoms with Crippen molar-refractivity contribution in [3.63, 3.8) is 0 Å². The van der Waals surface area contributed by atoms with Crippen LogP contribution in [-0.2, 0) is 7.05 Å². The molecule has 1 aromatic carbocycles. The Bertz CT molecular complexity index is 541. The Hall–Kier alpha value is -1.90. The highest BCUT2D eigenvalue weighted by molar-refractivity contribution is 6.08. The standard InChI is InChI=1S/C13H14N2O/c1-9-4-5-10(2)11(8-9)13(16)12-6-7-14-15(12)3/h4-8H,1-3H3. The van der Waals surface area contributed by atoms with Crippen molar-refractivity contribution < 1.29 is 4.79 Å². The number of ketones is 1. The number of benzene rings is 1. The minimum Gasteiger partial charge on any atom is -0.287 e. The van der Waals surface area contributed by atoms with Crippen molar-refractivity contribution in [2.75, 3.05) is 0 Å². The molecule has 82 valence electrons. The zero-order valence-electron chi connectivity index (χ0n) is 9.69. The molecule has 0 N–H and O–H groups in total. The molecule has 0 radical (unpaired) electrons. The first-order chi connectivity index (χ1) is 7.59. The van der Waals surface area contributed by atoms with Gasteiger partial charge in [-0.2, -0.15) is 5.10 Å². The number of aromatic nitrogens is 2. The number of hydrogen-bond donors (Lipinski definition) is 0. The van der Waals surface area contributed by atoms with Crippen molar-refractivity contribution in [2.45, 2.75) is 13.8 Å². The van der Waals surface area contributed by atoms with Crippen LogP contribution in [0.1, 0.15) is 27.2 Å². The van der Waals surface area contributed by atoms with E-state index in [0.29, 0.717) is 5.69 Å². The van der Waals surface area contributed by atoms with Gasteiger partial charge in [0.25, 0.3) is 0 Å². The highest BCUT2D eigenvalue weighted by Crippen LogP contribution is 2.15. The Kier molecular flexibility index (Phi) is 2.60. The van der Waals surface area contributed by atoms with Crippen molar-refractivity contribution in [3.05, 3.63) is 52.8 Å². The molecule has 0 bridgehead atoms. The van der Waals surface area contributed by atoms with Crippen LogP contribution in [-0.4, -0.2) is 15.6 Å². The first kappa shape index (κ1) is 10.6. The van der Waals surface area contributed by atoms with Crippen LogP contribution in [0, 0.1) is 13.8 Å². The monoisotopic (exact) mass is 214 g/mol. The molecule has 0 fully saturated rings. The second-order valence-corrected chi connectivity index (χ2v) is 3.99. The van der Waals surface area contributed by atoms with E-state index >= 15 is 0 Å². The van der Waals surface area contributed by atoms with Gasteiger partial charge in [-0.1, -0.05) is 17.7 Å². The minimum atomic E-state index is 0.0289. The van der Waals surface area contributed by atoms with Gasteiger partial charge in [-0.25, -0.2) is 0 Å². The van der Waals surface area contributed by atoms with E-state index in [1.165, 1.54) is 0 Å². The molecule has 0 aliphatic carbocycles. The molecule has 0 atom stereocenters. The summed E-state index contributed by atoms with van der Waals surface area (Å²) in [5.74, 6) is 0.0289. The molecular weight excluding hydrogens is 200 g/mol. The lowest BCUT2D eigenvalue weighted by Gasteiger charge is -2.06. The fraction of sp³-hybridized carbons (Fsp3) is 0.231. The molecule has 2 rings (SSSR count). The quantitative estimate of drug-likeness (QED) is 0.719. The maximum Gasteiger partial charge on any atom is 0.211 e. The summed E-state index contributed by atoms with van der Waals surface area (Å²) >= 11 is 0. The average Bonchev–Trinajstić information content (AvgIpc) is 2.67. The molecule has 3 nitrogen and oxygen atoms in total. The maximum atomic E-state index is 12.2. The Labute approximate surface area is 94.7 Å². The van der Waals surface area contributed by atoms with Gasteiger partial charge in [0.05, 0.1) is 0 Å². The molecule has 0 amide bonds. The number of nitrogens with zero attached hydrogens (tertiary/aromatic N) is 2. The van der Waals surface area contributed by atoms with E-state index in [9.17, 15) is 4.79 Å². The van der Waals surface area contributed by atoms with Crippen LogP contribution in [0.3, 0.4) is 0 Å². The Balaban J connectivity index is 2.49. The predicted octanol–water partition coefficient (Wildman–Crippen LogP) is 2.27. The van der Waals surface area contributed by atoms with Crippen LogP contribution in [0.25, 0.3) is 0 Å². The van der Waals surface area contributed by atoms with Crippen molar-refractivity contribution in [1.29, 1.82) is 0 Å². The van der Waals surface area contributed by atoms with E-state index in [0.717, 1.165) is 16.7 Å². The Morgan fingerprint density at radius 1 is 1.25 bits per heavy atom. The van der Waals surface area contributed by atoms with Gasteiger partial charge in [-0.05, 0) is 31.5 Å². The summed E-state index contributed by atoms with van der Waals surface area (Å²) in [4.78, 5) is 12.2. The second kappa shape index (κ2) is 3.93. The van der Waals surface area contributed by atoms with Crippen LogP contribution < -0.4 is 0 Å². The predicted molar refractivity (Wildman–Crippen MR) is 62.6 cm³/mol. The van der Waals surface area contributed by atoms with Crippen LogP contribution >= 0.6 is 0 Å². The van der Waals surface area contributed by atoms with Crippen molar-refractivity contribution >= 4 is 5.78 Å². The van der Waals surface area contributed by atoms with Gasteiger partial charge in [-0.3, -0.25) is 9.48 Å². The molecule has 16 heavy (non-hydrogen) atoms. The summed E-state index contributed by atoms with van der Waals surface area (Å²) in [6.07, 6.45) is 1.64. The zero-order chi connectivity index (χ0) is 11.7. The Morgan fingerprint density at radius 2 is 2.00 bits per heavy atom. The summed E-state index contributed by atoms with van der Waals surface area (Å²) < 4.78 is 1.60. The van der Waals surface area contributed by atoms with Crippen LogP contribution in [0.4, 0.5) is 0 Å². The number of hydrogen-bond acceptors (Lipinski definition) is 2. The lowest BCUT2D eigenvalue weighted by Crippen LogP contribution is -2.09. The van der Waals surface area contributed by atoms with E-state index in [1.54, 1.807) is 24.0 Å². The molecule has 0 saturated carbocycles. The number of rotatable bonds is 2. The lowest BCUT2D eigenvalue weighted by molar-refractivity contribution is 0.102. The lowest BCUT2D eigenvalue weighted by atomic mass is 10.0. The van der Waals surface area contributed by atoms with Gasteiger partial charge < -0.3 is 0 Å². The molecule has 0 spiro atoms. The second-order valence-electron chi connectivity index (χ2n) is 3.99. The maximum absolute atomic E-state index is 12.2. The van der Waals surface area contributed by atoms with E-state index in [-0.39, 0.29) is 5.78 Å². The van der Waals surface area contributed by atoms with Crippen molar-refractivity contribution in [2.24, 2.45) is 7.05 Å². The summed E-state index contributed by atoms with van der Waals surface area (Å²) in [5, 5.41) is 4.01. The molecule has 0 aliphatic heterocycles. The fourth-order valence-electron chi connectivity index (χ4n) is 1.72. The molecule has 0 unspecified atom stereocenters. The third-order valence-electron chi connectivity index (χ3n) is 2.69. The fourth-order valence-corrected chi connectivity index (χ4v) is 1.72. The smallest absolute Gasteiger partial charge is 0.211 e. The van der Waals surface area contributed by atoms with Gasteiger partial charge in [0, 0.05) is 18.8 Å². The topological polar surface area (TPSA) is 34.9 Å². The summed E-state index contributed by atoms with van der Waals surface area (Å²) in [7, 11) is 1.78. The number of carbonyl (C=O) groups is 1. The molecule has 2 aromatic rings. The van der Waals surface area contributed by atoms with Gasteiger partial charge >= 0.3 is 0 Å². The third kappa shape index (κ3) is 1.76. The highest BCUT2D eigenvalue weighted by atomic mass is 16.1. The van der Waals surface area contributed by atoms with Crippen LogP contribution in [0.2, 0.25) is 0 Å². The first-order valence-electron chi connectivity index (χ1n) is 5.19. The minimum absolute atomic E-state index is 0.0289. The average molecular weight is 214 g/mol. The first-order valence-corrected chi connectivity index (χ1v) is 5.19. The van der Waals surface area contributed by atoms with Gasteiger partial charge in [-0.15, -0.1) is 0 Å². The molecule has 0 saturated heterocycles. The van der Waals surface area contributed by atoms with Gasteiger partial charge in [0.15, 0.2) is 0 Å². The number of aryl methyl sites for hydroxylation is 3. The SMILES string of the molecule is Cc1ccc(C)c(C(=O)c2ccnn2C)c1. The van der Waals surface area contributed by atoms with E-state index < -0.39 is 0 Å². The van der Waals surface area contributed by atoms with Crippen LogP contribution in [0.5, 0.6) is 0 Å². The summed E-state index contributed by atoms with van der Waals surface area (Å²) in [6.45, 7) is 3.93. The highest BCUT2D eigenvalue weighted by Gasteiger charge is 2.14. The van der Waals surface area contributed by atoms with Crippen LogP contribution in [0.15, 0.2) is 30.5 Å². The third-order valence-corrected chi connectivity index (χ3v) is 2.69. The van der Waals surface area contributed by atoms with Gasteiger partial charge in [0.2, 0.25) is 5.78 Å². The van der Waals surface area contributed by atoms with E-state index in [4.69, 9.17) is 0 Å². The van der Waals surface area contributed by atoms with E-state index in [2.05, 4.69) is 5.10 Å². The van der Waals surface area contributed by atoms with Crippen molar-refractivity contribution in [1.82, 2.24) is 9.78 Å². The molecular formula is C13H14N2O. The molecule has 0 aliphatic rings. The zero-order valence-corrected chi connectivity index (χ0v) is 9.69. The van der Waals surface area contributed by atoms with Gasteiger partial charge in [0.1, 0.15) is 5.69 Å². The molecule has 3 heteroatoms. The normalized spacial score (nSPS) is 10.4. The summed E-state index contributed by atoms with van der Waals surface area (Å²) in [6, 6.07) is 7.64. The Morgan fingerprint density at radius 3 is 2.62 bits per heavy atom.